The van der Waals surface area contributed by atoms with E-state index in [1.54, 1.807) is 0 Å². The van der Waals surface area contributed by atoms with Gasteiger partial charge in [-0.1, -0.05) is 0 Å². The van der Waals surface area contributed by atoms with Crippen molar-refractivity contribution in [1.29, 1.82) is 0 Å². The maximum Gasteiger partial charge on any atom is 0.351 e. The van der Waals surface area contributed by atoms with Crippen molar-refractivity contribution in [3.63, 3.8) is 0 Å². The molecule has 1 aromatic rings. The predicted octanol–water partition coefficient (Wildman–Crippen LogP) is -7.96. The Labute approximate surface area is 225 Å². The normalized spacial score (nSPS) is 43.7. The van der Waals surface area contributed by atoms with E-state index in [2.05, 4.69) is 4.98 Å². The lowest BCUT2D eigenvalue weighted by Crippen LogP contribution is -2.64. The third-order valence-corrected chi connectivity index (χ3v) is 6.62. The van der Waals surface area contributed by atoms with Gasteiger partial charge in [-0.15, -0.1) is 0 Å². The number of ether oxygens (including phenoxy) is 4. The van der Waals surface area contributed by atoms with Crippen LogP contribution in [0.1, 0.15) is 6.23 Å². The van der Waals surface area contributed by atoms with Crippen LogP contribution in [0.25, 0.3) is 0 Å². The van der Waals surface area contributed by atoms with E-state index in [1.807, 2.05) is 0 Å². The molecule has 14 atom stereocenters. The van der Waals surface area contributed by atoms with E-state index in [4.69, 9.17) is 34.9 Å². The summed E-state index contributed by atoms with van der Waals surface area (Å²) in [5.74, 6) is 0.0537. The van der Waals surface area contributed by atoms with Crippen LogP contribution < -0.4 is 11.4 Å². The van der Waals surface area contributed by atoms with E-state index in [-0.39, 0.29) is 5.82 Å². The van der Waals surface area contributed by atoms with E-state index in [1.165, 1.54) is 12.3 Å². The number of hydrogen-bond acceptors (Lipinski definition) is 18. The summed E-state index contributed by atoms with van der Waals surface area (Å²) in [6, 6.07) is 1.37. The number of aromatic nitrogens is 2. The first-order valence-corrected chi connectivity index (χ1v) is 12.1. The van der Waals surface area contributed by atoms with Crippen LogP contribution in [0.15, 0.2) is 17.1 Å². The van der Waals surface area contributed by atoms with Crippen LogP contribution in [0.5, 0.6) is 0 Å². The van der Waals surface area contributed by atoms with E-state index in [9.17, 15) is 50.8 Å². The number of aliphatic hydroxyl groups is 11. The van der Waals surface area contributed by atoms with Crippen molar-refractivity contribution in [1.82, 2.24) is 9.55 Å². The summed E-state index contributed by atoms with van der Waals surface area (Å²) in [6.07, 6.45) is -18.8. The van der Waals surface area contributed by atoms with Gasteiger partial charge in [0.15, 0.2) is 18.8 Å². The minimum absolute atomic E-state index is 0.0537. The molecule has 0 bridgehead atoms. The second kappa shape index (κ2) is 13.8. The SMILES string of the molecule is Nc1ccn([C@@H]2O[C@H](CO)[C@@H](O)[C@H]2O)c(=O)n1.OC[C@H]1O[C@@H](O[C@H]2[C@H](O)[C@@H](O)[C@H](O)O[C@@H]2CO)[C@H](O)[C@@H](O)[C@H]1O. The minimum Gasteiger partial charge on any atom is -0.394 e. The molecule has 3 fully saturated rings. The van der Waals surface area contributed by atoms with E-state index < -0.39 is 111 Å². The molecule has 0 radical (unpaired) electrons. The second-order valence-corrected chi connectivity index (χ2v) is 9.30. The van der Waals surface area contributed by atoms with Crippen LogP contribution in [-0.2, 0) is 18.9 Å². The van der Waals surface area contributed by atoms with Gasteiger partial charge in [0.05, 0.1) is 19.8 Å². The zero-order chi connectivity index (χ0) is 29.9. The van der Waals surface area contributed by atoms with Crippen molar-refractivity contribution in [3.8, 4) is 0 Å². The summed E-state index contributed by atoms with van der Waals surface area (Å²) in [5, 5.41) is 105. The number of anilines is 1. The standard InChI is InChI=1S/C12H22O11.C9H13N3O5/c13-1-3-5(15)6(16)9(19)12(22-3)23-10-4(2-14)21-11(20)8(18)7(10)17;10-5-1-2-12(9(16)11-5)8-7(15)6(14)4(3-13)17-8/h3-20H,1-2H2;1-2,4,6-8,13-15H,3H2,(H2,10,11,16)/t3-,4-,5+,6+,7-,8-,9-,10-,11-,12+;4-,6-,7-,8-/m11/s1. The maximum atomic E-state index is 11.5. The molecule has 0 aromatic carbocycles. The Kier molecular flexibility index (Phi) is 11.3. The van der Waals surface area contributed by atoms with Gasteiger partial charge in [-0.2, -0.15) is 4.98 Å². The van der Waals surface area contributed by atoms with Crippen LogP contribution in [-0.4, -0.2) is 165 Å². The van der Waals surface area contributed by atoms with Crippen molar-refractivity contribution in [3.05, 3.63) is 22.7 Å². The molecule has 40 heavy (non-hydrogen) atoms. The summed E-state index contributed by atoms with van der Waals surface area (Å²) >= 11 is 0. The highest BCUT2D eigenvalue weighted by Gasteiger charge is 2.50. The molecule has 13 N–H and O–H groups in total. The first-order valence-electron chi connectivity index (χ1n) is 12.1. The Morgan fingerprint density at radius 3 is 1.88 bits per heavy atom. The summed E-state index contributed by atoms with van der Waals surface area (Å²) in [6.45, 7) is -1.80. The van der Waals surface area contributed by atoms with Crippen LogP contribution >= 0.6 is 0 Å². The van der Waals surface area contributed by atoms with Crippen molar-refractivity contribution < 1.29 is 75.1 Å². The average molecular weight is 586 g/mol. The first kappa shape index (κ1) is 32.6. The smallest absolute Gasteiger partial charge is 0.351 e. The fraction of sp³-hybridized carbons (Fsp3) is 0.810. The molecule has 3 aliphatic heterocycles. The van der Waals surface area contributed by atoms with Gasteiger partial charge in [0.2, 0.25) is 0 Å². The van der Waals surface area contributed by atoms with E-state index in [0.29, 0.717) is 0 Å². The Hall–Kier alpha value is -1.92. The summed E-state index contributed by atoms with van der Waals surface area (Å²) in [5.41, 5.74) is 4.63. The fourth-order valence-corrected chi connectivity index (χ4v) is 4.30. The van der Waals surface area contributed by atoms with Gasteiger partial charge < -0.3 is 80.9 Å². The number of nitrogens with zero attached hydrogens (tertiary/aromatic N) is 2. The first-order chi connectivity index (χ1) is 18.9. The third kappa shape index (κ3) is 6.75. The lowest BCUT2D eigenvalue weighted by molar-refractivity contribution is -0.355. The van der Waals surface area contributed by atoms with Gasteiger partial charge in [-0.05, 0) is 6.07 Å². The highest BCUT2D eigenvalue weighted by atomic mass is 16.7. The maximum absolute atomic E-state index is 11.5. The lowest BCUT2D eigenvalue weighted by atomic mass is 9.97. The molecule has 4 rings (SSSR count). The molecule has 4 heterocycles. The molecular weight excluding hydrogens is 550 g/mol. The Balaban J connectivity index is 0.000000230. The number of nitrogens with two attached hydrogens (primary N) is 1. The molecule has 0 unspecified atom stereocenters. The number of aliphatic hydroxyl groups excluding tert-OH is 11. The number of nitrogen functional groups attached to an aromatic ring is 1. The molecular formula is C21H35N3O16. The molecule has 1 aromatic heterocycles. The number of hydrogen-bond donors (Lipinski definition) is 12. The Morgan fingerprint density at radius 2 is 1.32 bits per heavy atom. The molecule has 0 amide bonds. The van der Waals surface area contributed by atoms with Crippen LogP contribution in [0, 0.1) is 0 Å². The highest BCUT2D eigenvalue weighted by molar-refractivity contribution is 5.23. The van der Waals surface area contributed by atoms with Crippen LogP contribution in [0.4, 0.5) is 5.82 Å². The third-order valence-electron chi connectivity index (χ3n) is 6.62. The summed E-state index contributed by atoms with van der Waals surface area (Å²) in [7, 11) is 0. The Bertz CT molecular complexity index is 999. The zero-order valence-corrected chi connectivity index (χ0v) is 20.8. The van der Waals surface area contributed by atoms with Gasteiger partial charge in [0, 0.05) is 6.20 Å². The lowest BCUT2D eigenvalue weighted by Gasteiger charge is -2.45. The summed E-state index contributed by atoms with van der Waals surface area (Å²) in [4.78, 5) is 15.0. The quantitative estimate of drug-likeness (QED) is 0.147. The molecule has 230 valence electrons. The molecule has 0 aliphatic carbocycles. The Morgan fingerprint density at radius 1 is 0.750 bits per heavy atom. The van der Waals surface area contributed by atoms with Crippen molar-refractivity contribution in [2.45, 2.75) is 86.0 Å². The van der Waals surface area contributed by atoms with E-state index in [0.717, 1.165) is 4.57 Å². The van der Waals surface area contributed by atoms with Gasteiger partial charge in [-0.25, -0.2) is 4.79 Å². The van der Waals surface area contributed by atoms with Crippen LogP contribution in [0.3, 0.4) is 0 Å². The highest BCUT2D eigenvalue weighted by Crippen LogP contribution is 2.29. The number of rotatable bonds is 6. The summed E-state index contributed by atoms with van der Waals surface area (Å²) < 4.78 is 21.4. The van der Waals surface area contributed by atoms with Gasteiger partial charge >= 0.3 is 5.69 Å². The molecule has 0 spiro atoms. The molecule has 3 aliphatic rings. The largest absolute Gasteiger partial charge is 0.394 e. The predicted molar refractivity (Wildman–Crippen MR) is 125 cm³/mol. The van der Waals surface area contributed by atoms with Gasteiger partial charge in [-0.3, -0.25) is 4.57 Å². The topological polar surface area (TPSA) is 320 Å². The molecule has 3 saturated heterocycles. The van der Waals surface area contributed by atoms with E-state index >= 15 is 0 Å². The monoisotopic (exact) mass is 585 g/mol. The fourth-order valence-electron chi connectivity index (χ4n) is 4.30. The van der Waals surface area contributed by atoms with Gasteiger partial charge in [0.25, 0.3) is 0 Å². The molecule has 19 heteroatoms. The van der Waals surface area contributed by atoms with Gasteiger partial charge in [0.1, 0.15) is 73.0 Å². The molecule has 19 nitrogen and oxygen atoms in total. The van der Waals surface area contributed by atoms with Crippen LogP contribution in [0.2, 0.25) is 0 Å². The second-order valence-electron chi connectivity index (χ2n) is 9.30. The van der Waals surface area contributed by atoms with Crippen molar-refractivity contribution in [2.75, 3.05) is 25.6 Å². The molecule has 0 saturated carbocycles. The minimum atomic E-state index is -1.74. The van der Waals surface area contributed by atoms with Crippen molar-refractivity contribution in [2.24, 2.45) is 0 Å². The zero-order valence-electron chi connectivity index (χ0n) is 20.8. The van der Waals surface area contributed by atoms with Crippen molar-refractivity contribution >= 4 is 5.82 Å². The average Bonchev–Trinajstić information content (AvgIpc) is 3.22.